The Morgan fingerprint density at radius 3 is 2.77 bits per heavy atom. The number of amides is 1. The largest absolute Gasteiger partial charge is 0.484 e. The molecule has 30 heavy (non-hydrogen) atoms. The van der Waals surface area contributed by atoms with E-state index in [1.807, 2.05) is 31.2 Å². The fourth-order valence-electron chi connectivity index (χ4n) is 2.97. The molecule has 1 N–H and O–H groups in total. The molecule has 1 aliphatic heterocycles. The number of ether oxygens (including phenoxy) is 1. The summed E-state index contributed by atoms with van der Waals surface area (Å²) < 4.78 is 11.4. The van der Waals surface area contributed by atoms with E-state index in [0.717, 1.165) is 5.56 Å². The number of thiocarbonyl (C=S) groups is 1. The molecule has 0 aliphatic carbocycles. The summed E-state index contributed by atoms with van der Waals surface area (Å²) in [7, 11) is 0. The summed E-state index contributed by atoms with van der Waals surface area (Å²) in [5, 5.41) is 4.22. The van der Waals surface area contributed by atoms with Crippen LogP contribution in [-0.2, 0) is 11.4 Å². The molecule has 0 radical (unpaired) electrons. The number of halogens is 2. The van der Waals surface area contributed by atoms with Crippen LogP contribution in [0.15, 0.2) is 64.7 Å². The zero-order valence-electron chi connectivity index (χ0n) is 15.8. The van der Waals surface area contributed by atoms with Crippen molar-refractivity contribution in [1.29, 1.82) is 0 Å². The molecular weight excluding hydrogens is 443 g/mol. The lowest BCUT2D eigenvalue weighted by molar-refractivity contribution is -0.113. The Kier molecular flexibility index (Phi) is 5.81. The van der Waals surface area contributed by atoms with Gasteiger partial charge in [-0.2, -0.15) is 0 Å². The number of aryl methyl sites for hydroxylation is 1. The van der Waals surface area contributed by atoms with Crippen molar-refractivity contribution in [3.8, 4) is 5.75 Å². The highest BCUT2D eigenvalue weighted by Gasteiger charge is 2.32. The van der Waals surface area contributed by atoms with Crippen molar-refractivity contribution in [3.05, 3.63) is 87.4 Å². The van der Waals surface area contributed by atoms with Crippen LogP contribution in [0, 0.1) is 6.92 Å². The first-order valence-corrected chi connectivity index (χ1v) is 10.2. The maximum Gasteiger partial charge on any atom is 0.281 e. The molecule has 8 heteroatoms. The van der Waals surface area contributed by atoms with E-state index in [1.54, 1.807) is 36.4 Å². The molecule has 1 saturated heterocycles. The molecule has 2 aromatic carbocycles. The van der Waals surface area contributed by atoms with E-state index in [2.05, 4.69) is 5.32 Å². The van der Waals surface area contributed by atoms with Gasteiger partial charge in [0.05, 0.1) is 10.7 Å². The van der Waals surface area contributed by atoms with Gasteiger partial charge < -0.3 is 14.5 Å². The maximum atomic E-state index is 12.8. The zero-order valence-corrected chi connectivity index (χ0v) is 18.1. The summed E-state index contributed by atoms with van der Waals surface area (Å²) in [4.78, 5) is 14.3. The second-order valence-corrected chi connectivity index (χ2v) is 7.87. The first kappa shape index (κ1) is 20.5. The number of carbonyl (C=O) groups excluding carboxylic acids is 1. The van der Waals surface area contributed by atoms with Crippen LogP contribution in [0.1, 0.15) is 17.1 Å². The number of nitrogens with zero attached hydrogens (tertiary/aromatic N) is 1. The molecule has 0 unspecified atom stereocenters. The molecule has 0 bridgehead atoms. The summed E-state index contributed by atoms with van der Waals surface area (Å²) in [5.74, 6) is 1.34. The summed E-state index contributed by atoms with van der Waals surface area (Å²) in [6.45, 7) is 2.14. The van der Waals surface area contributed by atoms with Crippen molar-refractivity contribution in [3.63, 3.8) is 0 Å². The molecular formula is C22H16Cl2N2O3S. The van der Waals surface area contributed by atoms with Gasteiger partial charge in [0.2, 0.25) is 0 Å². The van der Waals surface area contributed by atoms with E-state index < -0.39 is 0 Å². The molecule has 1 aromatic heterocycles. The van der Waals surface area contributed by atoms with Gasteiger partial charge in [-0.15, -0.1) is 0 Å². The minimum absolute atomic E-state index is 0.180. The molecule has 3 aromatic rings. The van der Waals surface area contributed by atoms with E-state index in [9.17, 15) is 4.79 Å². The fourth-order valence-corrected chi connectivity index (χ4v) is 3.73. The third kappa shape index (κ3) is 4.36. The summed E-state index contributed by atoms with van der Waals surface area (Å²) in [6, 6.07) is 16.1. The lowest BCUT2D eigenvalue weighted by Crippen LogP contribution is -2.30. The van der Waals surface area contributed by atoms with Crippen LogP contribution in [0.3, 0.4) is 0 Å². The van der Waals surface area contributed by atoms with Gasteiger partial charge in [0, 0.05) is 11.1 Å². The Balaban J connectivity index is 1.47. The SMILES string of the molecule is Cc1cccc(N2C(=O)/C(=C\c3ccc(COc4ccc(Cl)cc4Cl)o3)NC2=S)c1. The summed E-state index contributed by atoms with van der Waals surface area (Å²) in [6.07, 6.45) is 1.61. The molecule has 1 fully saturated rings. The van der Waals surface area contributed by atoms with Crippen molar-refractivity contribution < 1.29 is 13.9 Å². The number of furan rings is 1. The normalized spacial score (nSPS) is 15.0. The van der Waals surface area contributed by atoms with E-state index in [4.69, 9.17) is 44.6 Å². The van der Waals surface area contributed by atoms with Crippen LogP contribution < -0.4 is 15.0 Å². The van der Waals surface area contributed by atoms with Crippen LogP contribution in [0.4, 0.5) is 5.69 Å². The van der Waals surface area contributed by atoms with Crippen molar-refractivity contribution in [2.75, 3.05) is 4.90 Å². The first-order valence-electron chi connectivity index (χ1n) is 9.01. The van der Waals surface area contributed by atoms with E-state index in [0.29, 0.717) is 43.8 Å². The van der Waals surface area contributed by atoms with E-state index in [-0.39, 0.29) is 12.5 Å². The number of anilines is 1. The molecule has 4 rings (SSSR count). The van der Waals surface area contributed by atoms with Crippen molar-refractivity contribution in [2.45, 2.75) is 13.5 Å². The second kappa shape index (κ2) is 8.52. The monoisotopic (exact) mass is 458 g/mol. The molecule has 0 atom stereocenters. The van der Waals surface area contributed by atoms with Crippen molar-refractivity contribution in [2.24, 2.45) is 0 Å². The molecule has 5 nitrogen and oxygen atoms in total. The van der Waals surface area contributed by atoms with Gasteiger partial charge >= 0.3 is 0 Å². The smallest absolute Gasteiger partial charge is 0.281 e. The Labute approximate surface area is 188 Å². The van der Waals surface area contributed by atoms with Gasteiger partial charge in [0.15, 0.2) is 5.11 Å². The average Bonchev–Trinajstić information content (AvgIpc) is 3.25. The topological polar surface area (TPSA) is 54.7 Å². The van der Waals surface area contributed by atoms with Gasteiger partial charge in [0.1, 0.15) is 29.6 Å². The van der Waals surface area contributed by atoms with Crippen LogP contribution in [0.2, 0.25) is 10.0 Å². The standard InChI is InChI=1S/C22H16Cl2N2O3S/c1-13-3-2-4-15(9-13)26-21(27)19(25-22(26)30)11-16-6-7-17(29-16)12-28-20-8-5-14(23)10-18(20)24/h2-11H,12H2,1H3,(H,25,30)/b19-11+. The van der Waals surface area contributed by atoms with Crippen molar-refractivity contribution >= 4 is 58.2 Å². The van der Waals surface area contributed by atoms with Crippen molar-refractivity contribution in [1.82, 2.24) is 5.32 Å². The number of benzene rings is 2. The molecule has 0 saturated carbocycles. The fraction of sp³-hybridized carbons (Fsp3) is 0.0909. The number of hydrogen-bond donors (Lipinski definition) is 1. The first-order chi connectivity index (χ1) is 14.4. The van der Waals surface area contributed by atoms with E-state index >= 15 is 0 Å². The Morgan fingerprint density at radius 1 is 1.17 bits per heavy atom. The second-order valence-electron chi connectivity index (χ2n) is 6.64. The van der Waals surface area contributed by atoms with E-state index in [1.165, 1.54) is 4.90 Å². The molecule has 2 heterocycles. The average molecular weight is 459 g/mol. The van der Waals surface area contributed by atoms with Crippen LogP contribution in [-0.4, -0.2) is 11.0 Å². The van der Waals surface area contributed by atoms with Crippen LogP contribution in [0.25, 0.3) is 6.08 Å². The Morgan fingerprint density at radius 2 is 2.00 bits per heavy atom. The van der Waals surface area contributed by atoms with Gasteiger partial charge in [-0.25, -0.2) is 0 Å². The van der Waals surface area contributed by atoms with Gasteiger partial charge in [-0.1, -0.05) is 35.3 Å². The third-order valence-corrected chi connectivity index (χ3v) is 5.19. The van der Waals surface area contributed by atoms with Crippen LogP contribution >= 0.6 is 35.4 Å². The molecule has 152 valence electrons. The number of rotatable bonds is 5. The predicted molar refractivity (Wildman–Crippen MR) is 122 cm³/mol. The van der Waals surface area contributed by atoms with Gasteiger partial charge in [-0.05, 0) is 67.2 Å². The minimum Gasteiger partial charge on any atom is -0.484 e. The number of carbonyl (C=O) groups is 1. The predicted octanol–water partition coefficient (Wildman–Crippen LogP) is 5.74. The highest BCUT2D eigenvalue weighted by Crippen LogP contribution is 2.28. The number of hydrogen-bond acceptors (Lipinski definition) is 4. The van der Waals surface area contributed by atoms with Gasteiger partial charge in [-0.3, -0.25) is 9.69 Å². The van der Waals surface area contributed by atoms with Crippen LogP contribution in [0.5, 0.6) is 5.75 Å². The highest BCUT2D eigenvalue weighted by atomic mass is 35.5. The molecule has 1 aliphatic rings. The zero-order chi connectivity index (χ0) is 21.3. The maximum absolute atomic E-state index is 12.8. The lowest BCUT2D eigenvalue weighted by atomic mass is 10.2. The highest BCUT2D eigenvalue weighted by molar-refractivity contribution is 7.80. The summed E-state index contributed by atoms with van der Waals surface area (Å²) >= 11 is 17.3. The minimum atomic E-state index is -0.243. The lowest BCUT2D eigenvalue weighted by Gasteiger charge is -2.14. The molecule has 1 amide bonds. The Bertz CT molecular complexity index is 1170. The third-order valence-electron chi connectivity index (χ3n) is 4.37. The quantitative estimate of drug-likeness (QED) is 0.390. The summed E-state index contributed by atoms with van der Waals surface area (Å²) in [5.41, 5.74) is 2.09. The number of nitrogens with one attached hydrogen (secondary N) is 1. The Hall–Kier alpha value is -2.80. The van der Waals surface area contributed by atoms with Gasteiger partial charge in [0.25, 0.3) is 5.91 Å². The molecule has 0 spiro atoms.